The normalized spacial score (nSPS) is 12.3. The van der Waals surface area contributed by atoms with E-state index >= 15 is 0 Å². The van der Waals surface area contributed by atoms with E-state index in [4.69, 9.17) is 9.15 Å². The van der Waals surface area contributed by atoms with Crippen LogP contribution in [0.3, 0.4) is 0 Å². The monoisotopic (exact) mass is 567 g/mol. The van der Waals surface area contributed by atoms with Gasteiger partial charge in [0.25, 0.3) is 0 Å². The van der Waals surface area contributed by atoms with E-state index in [1.54, 1.807) is 68.4 Å². The number of nitrogens with one attached hydrogen (secondary N) is 1. The number of carbonyl (C=O) groups excluding carboxylic acids is 1. The molecule has 0 bridgehead atoms. The summed E-state index contributed by atoms with van der Waals surface area (Å²) < 4.78 is 40.7. The molecule has 0 radical (unpaired) electrons. The van der Waals surface area contributed by atoms with Gasteiger partial charge in [-0.05, 0) is 67.3 Å². The molecule has 208 valence electrons. The number of hydrogen-bond acceptors (Lipinski definition) is 6. The maximum absolute atomic E-state index is 13.7. The minimum Gasteiger partial charge on any atom is -0.424 e. The Morgan fingerprint density at radius 3 is 2.15 bits per heavy atom. The summed E-state index contributed by atoms with van der Waals surface area (Å²) in [6.45, 7) is 5.44. The van der Waals surface area contributed by atoms with E-state index in [-0.39, 0.29) is 16.2 Å². The smallest absolute Gasteiger partial charge is 0.340 e. The fourth-order valence-corrected chi connectivity index (χ4v) is 5.90. The van der Waals surface area contributed by atoms with Crippen LogP contribution in [0.25, 0.3) is 11.0 Å². The molecule has 1 atom stereocenters. The van der Waals surface area contributed by atoms with E-state index in [9.17, 15) is 18.0 Å². The summed E-state index contributed by atoms with van der Waals surface area (Å²) in [7, 11) is -4.08. The Hall–Kier alpha value is -4.53. The number of sulfonamides is 1. The molecule has 1 aromatic heterocycles. The van der Waals surface area contributed by atoms with Crippen molar-refractivity contribution in [1.29, 1.82) is 0 Å². The fraction of sp³-hybridized carbons (Fsp3) is 0.152. The molecule has 0 saturated heterocycles. The van der Waals surface area contributed by atoms with Crippen molar-refractivity contribution in [1.82, 2.24) is 4.72 Å². The van der Waals surface area contributed by atoms with Gasteiger partial charge in [0.05, 0.1) is 10.3 Å². The van der Waals surface area contributed by atoms with E-state index < -0.39 is 27.7 Å². The van der Waals surface area contributed by atoms with Gasteiger partial charge in [-0.1, -0.05) is 78.4 Å². The highest BCUT2D eigenvalue weighted by Crippen LogP contribution is 2.33. The first-order valence-electron chi connectivity index (χ1n) is 13.1. The van der Waals surface area contributed by atoms with E-state index in [0.29, 0.717) is 34.1 Å². The fourth-order valence-electron chi connectivity index (χ4n) is 4.73. The molecule has 0 fully saturated rings. The van der Waals surface area contributed by atoms with Crippen molar-refractivity contribution in [2.24, 2.45) is 0 Å². The average Bonchev–Trinajstić information content (AvgIpc) is 2.95. The second-order valence-electron chi connectivity index (χ2n) is 9.99. The van der Waals surface area contributed by atoms with Gasteiger partial charge in [-0.3, -0.25) is 0 Å². The molecule has 0 aliphatic carbocycles. The van der Waals surface area contributed by atoms with Crippen LogP contribution in [0.2, 0.25) is 0 Å². The summed E-state index contributed by atoms with van der Waals surface area (Å²) in [5.74, 6) is -0.648. The van der Waals surface area contributed by atoms with Crippen LogP contribution in [0.5, 0.6) is 5.75 Å². The third kappa shape index (κ3) is 6.14. The molecule has 0 aliphatic rings. The Bertz CT molecular complexity index is 1880. The Morgan fingerprint density at radius 2 is 1.49 bits per heavy atom. The van der Waals surface area contributed by atoms with Gasteiger partial charge < -0.3 is 9.15 Å². The van der Waals surface area contributed by atoms with Gasteiger partial charge >= 0.3 is 11.6 Å². The van der Waals surface area contributed by atoms with E-state index in [2.05, 4.69) is 4.72 Å². The van der Waals surface area contributed by atoms with Crippen molar-refractivity contribution < 1.29 is 22.4 Å². The summed E-state index contributed by atoms with van der Waals surface area (Å²) in [6, 6.07) is 26.4. The zero-order valence-corrected chi connectivity index (χ0v) is 23.7. The number of hydrogen-bond donors (Lipinski definition) is 1. The lowest BCUT2D eigenvalue weighted by Gasteiger charge is -2.19. The molecule has 8 heteroatoms. The van der Waals surface area contributed by atoms with E-state index in [1.807, 2.05) is 37.3 Å². The Balaban J connectivity index is 1.56. The summed E-state index contributed by atoms with van der Waals surface area (Å²) in [5.41, 5.74) is 3.85. The van der Waals surface area contributed by atoms with Gasteiger partial charge in [-0.2, -0.15) is 4.72 Å². The highest BCUT2D eigenvalue weighted by Gasteiger charge is 2.30. The first kappa shape index (κ1) is 28.0. The molecule has 5 rings (SSSR count). The predicted molar refractivity (Wildman–Crippen MR) is 158 cm³/mol. The van der Waals surface area contributed by atoms with Gasteiger partial charge in [0.1, 0.15) is 17.4 Å². The van der Waals surface area contributed by atoms with Crippen molar-refractivity contribution in [3.63, 3.8) is 0 Å². The zero-order chi connectivity index (χ0) is 29.1. The molecule has 5 aromatic rings. The molecule has 41 heavy (non-hydrogen) atoms. The van der Waals surface area contributed by atoms with Crippen LogP contribution in [-0.4, -0.2) is 14.4 Å². The molecule has 0 saturated carbocycles. The minimum absolute atomic E-state index is 0.0287. The molecule has 4 aromatic carbocycles. The molecule has 1 N–H and O–H groups in total. The Morgan fingerprint density at radius 1 is 0.854 bits per heavy atom. The number of esters is 1. The third-order valence-corrected chi connectivity index (χ3v) is 8.33. The molecule has 0 unspecified atom stereocenters. The van der Waals surface area contributed by atoms with E-state index in [0.717, 1.165) is 11.1 Å². The highest BCUT2D eigenvalue weighted by molar-refractivity contribution is 7.89. The van der Waals surface area contributed by atoms with Crippen LogP contribution in [0, 0.1) is 20.8 Å². The molecule has 1 heterocycles. The number of rotatable bonds is 8. The highest BCUT2D eigenvalue weighted by atomic mass is 32.2. The standard InChI is InChI=1S/C33H29NO6S/c1-21-14-16-26(17-15-21)41(37,38)34-31(25-12-8-5-9-13-25)33(36)40-29-19-22(2)18-28-30(29)23(3)27(32(35)39-28)20-24-10-6-4-7-11-24/h4-19,31,34H,20H2,1-3H3/t31-/m0/s1. The molecular formula is C33H29NO6S. The largest absolute Gasteiger partial charge is 0.424 e. The summed E-state index contributed by atoms with van der Waals surface area (Å²) in [4.78, 5) is 26.7. The maximum atomic E-state index is 13.7. The van der Waals surface area contributed by atoms with Gasteiger partial charge in [0.2, 0.25) is 10.0 Å². The van der Waals surface area contributed by atoms with Crippen LogP contribution in [0.4, 0.5) is 0 Å². The number of benzene rings is 4. The van der Waals surface area contributed by atoms with Crippen molar-refractivity contribution in [2.45, 2.75) is 38.1 Å². The molecule has 0 aliphatic heterocycles. The number of ether oxygens (including phenoxy) is 1. The number of fused-ring (bicyclic) bond motifs is 1. The van der Waals surface area contributed by atoms with Crippen LogP contribution in [0.1, 0.15) is 39.4 Å². The summed E-state index contributed by atoms with van der Waals surface area (Å²) in [5, 5.41) is 0.475. The third-order valence-electron chi connectivity index (χ3n) is 6.89. The van der Waals surface area contributed by atoms with Crippen LogP contribution in [-0.2, 0) is 21.2 Å². The van der Waals surface area contributed by atoms with Gasteiger partial charge in [-0.25, -0.2) is 18.0 Å². The number of carbonyl (C=O) groups is 1. The predicted octanol–water partition coefficient (Wildman–Crippen LogP) is 5.93. The first-order chi connectivity index (χ1) is 19.6. The SMILES string of the molecule is Cc1ccc(S(=O)(=O)N[C@H](C(=O)Oc2cc(C)cc3oc(=O)c(Cc4ccccc4)c(C)c23)c2ccccc2)cc1. The van der Waals surface area contributed by atoms with Crippen LogP contribution in [0.15, 0.2) is 111 Å². The Kier molecular flexibility index (Phi) is 7.88. The molecule has 0 spiro atoms. The second-order valence-corrected chi connectivity index (χ2v) is 11.7. The first-order valence-corrected chi connectivity index (χ1v) is 14.6. The maximum Gasteiger partial charge on any atom is 0.340 e. The number of aryl methyl sites for hydroxylation is 3. The van der Waals surface area contributed by atoms with Crippen LogP contribution >= 0.6 is 0 Å². The summed E-state index contributed by atoms with van der Waals surface area (Å²) in [6.07, 6.45) is 0.342. The van der Waals surface area contributed by atoms with Gasteiger partial charge in [0.15, 0.2) is 0 Å². The van der Waals surface area contributed by atoms with Crippen molar-refractivity contribution >= 4 is 27.0 Å². The minimum atomic E-state index is -4.08. The molecule has 0 amide bonds. The average molecular weight is 568 g/mol. The van der Waals surface area contributed by atoms with Gasteiger partial charge in [-0.15, -0.1) is 0 Å². The zero-order valence-electron chi connectivity index (χ0n) is 22.9. The molecular weight excluding hydrogens is 538 g/mol. The summed E-state index contributed by atoms with van der Waals surface area (Å²) >= 11 is 0. The lowest BCUT2D eigenvalue weighted by atomic mass is 9.98. The lowest BCUT2D eigenvalue weighted by Crippen LogP contribution is -2.36. The quantitative estimate of drug-likeness (QED) is 0.142. The van der Waals surface area contributed by atoms with Crippen molar-refractivity contribution in [2.75, 3.05) is 0 Å². The van der Waals surface area contributed by atoms with E-state index in [1.165, 1.54) is 12.1 Å². The Labute approximate surface area is 238 Å². The van der Waals surface area contributed by atoms with Crippen molar-refractivity contribution in [3.05, 3.63) is 141 Å². The second kappa shape index (κ2) is 11.5. The topological polar surface area (TPSA) is 103 Å². The molecule has 7 nitrogen and oxygen atoms in total. The lowest BCUT2D eigenvalue weighted by molar-refractivity contribution is -0.136. The van der Waals surface area contributed by atoms with Gasteiger partial charge in [0, 0.05) is 12.0 Å². The van der Waals surface area contributed by atoms with Crippen LogP contribution < -0.4 is 15.1 Å². The van der Waals surface area contributed by atoms with Crippen molar-refractivity contribution in [3.8, 4) is 5.75 Å².